The molecule has 2 nitrogen and oxygen atoms in total. The Labute approximate surface area is 103 Å². The van der Waals surface area contributed by atoms with Crippen molar-refractivity contribution in [2.75, 3.05) is 6.54 Å². The number of benzene rings is 1. The minimum atomic E-state index is -0.249. The van der Waals surface area contributed by atoms with Crippen molar-refractivity contribution in [3.05, 3.63) is 35.4 Å². The number of hydrogen-bond acceptors (Lipinski definition) is 2. The Morgan fingerprint density at radius 2 is 2.00 bits per heavy atom. The second-order valence-electron chi connectivity index (χ2n) is 5.46. The third-order valence-electron chi connectivity index (χ3n) is 4.13. The zero-order valence-corrected chi connectivity index (χ0v) is 10.2. The molecule has 0 bridgehead atoms. The first-order chi connectivity index (χ1) is 8.34. The molecule has 2 heteroatoms. The van der Waals surface area contributed by atoms with E-state index in [0.717, 1.165) is 37.4 Å². The first-order valence-corrected chi connectivity index (χ1v) is 6.84. The van der Waals surface area contributed by atoms with Crippen LogP contribution in [0.3, 0.4) is 0 Å². The maximum atomic E-state index is 10.4. The van der Waals surface area contributed by atoms with Gasteiger partial charge >= 0.3 is 0 Å². The average molecular weight is 231 g/mol. The SMILES string of the molecule is OC1c2ccccc2CCC1CCNC1CC1. The van der Waals surface area contributed by atoms with Gasteiger partial charge in [0.15, 0.2) is 0 Å². The Bertz CT molecular complexity index is 386. The van der Waals surface area contributed by atoms with E-state index < -0.39 is 0 Å². The van der Waals surface area contributed by atoms with Crippen LogP contribution in [0.2, 0.25) is 0 Å². The molecular formula is C15H21NO. The highest BCUT2D eigenvalue weighted by Crippen LogP contribution is 2.35. The molecule has 3 rings (SSSR count). The second kappa shape index (κ2) is 4.79. The molecule has 17 heavy (non-hydrogen) atoms. The smallest absolute Gasteiger partial charge is 0.0821 e. The first-order valence-electron chi connectivity index (χ1n) is 6.84. The van der Waals surface area contributed by atoms with E-state index in [0.29, 0.717) is 5.92 Å². The fraction of sp³-hybridized carbons (Fsp3) is 0.600. The van der Waals surface area contributed by atoms with E-state index in [-0.39, 0.29) is 6.10 Å². The standard InChI is InChI=1S/C15H21NO/c17-15-12(9-10-16-13-7-8-13)6-5-11-3-1-2-4-14(11)15/h1-4,12-13,15-17H,5-10H2. The lowest BCUT2D eigenvalue weighted by Gasteiger charge is -2.30. The van der Waals surface area contributed by atoms with Gasteiger partial charge in [-0.1, -0.05) is 24.3 Å². The lowest BCUT2D eigenvalue weighted by Crippen LogP contribution is -2.26. The van der Waals surface area contributed by atoms with Crippen LogP contribution in [0.4, 0.5) is 0 Å². The van der Waals surface area contributed by atoms with E-state index in [1.807, 2.05) is 6.07 Å². The fourth-order valence-corrected chi connectivity index (χ4v) is 2.87. The van der Waals surface area contributed by atoms with Crippen molar-refractivity contribution >= 4 is 0 Å². The highest BCUT2D eigenvalue weighted by Gasteiger charge is 2.28. The topological polar surface area (TPSA) is 32.3 Å². The van der Waals surface area contributed by atoms with Crippen molar-refractivity contribution in [3.63, 3.8) is 0 Å². The molecule has 92 valence electrons. The number of aliphatic hydroxyl groups is 1. The molecule has 0 radical (unpaired) electrons. The van der Waals surface area contributed by atoms with Crippen molar-refractivity contribution in [2.45, 2.75) is 44.2 Å². The Hall–Kier alpha value is -0.860. The number of aliphatic hydroxyl groups excluding tert-OH is 1. The minimum Gasteiger partial charge on any atom is -0.388 e. The number of fused-ring (bicyclic) bond motifs is 1. The molecule has 0 aromatic heterocycles. The van der Waals surface area contributed by atoms with Gasteiger partial charge in [-0.3, -0.25) is 0 Å². The molecule has 0 heterocycles. The third kappa shape index (κ3) is 2.53. The molecular weight excluding hydrogens is 210 g/mol. The number of nitrogens with one attached hydrogen (secondary N) is 1. The summed E-state index contributed by atoms with van der Waals surface area (Å²) in [6, 6.07) is 9.12. The average Bonchev–Trinajstić information content (AvgIpc) is 3.17. The van der Waals surface area contributed by atoms with Gasteiger partial charge in [0.05, 0.1) is 6.10 Å². The quantitative estimate of drug-likeness (QED) is 0.834. The van der Waals surface area contributed by atoms with Crippen LogP contribution in [0.1, 0.15) is 42.9 Å². The molecule has 2 atom stereocenters. The maximum Gasteiger partial charge on any atom is 0.0821 e. The van der Waals surface area contributed by atoms with Crippen LogP contribution < -0.4 is 5.32 Å². The Morgan fingerprint density at radius 3 is 2.82 bits per heavy atom. The van der Waals surface area contributed by atoms with Crippen LogP contribution in [-0.4, -0.2) is 17.7 Å². The van der Waals surface area contributed by atoms with Crippen molar-refractivity contribution in [1.29, 1.82) is 0 Å². The van der Waals surface area contributed by atoms with E-state index in [4.69, 9.17) is 0 Å². The fourth-order valence-electron chi connectivity index (χ4n) is 2.87. The number of hydrogen-bond donors (Lipinski definition) is 2. The molecule has 1 aromatic rings. The van der Waals surface area contributed by atoms with Crippen LogP contribution in [0.15, 0.2) is 24.3 Å². The summed E-state index contributed by atoms with van der Waals surface area (Å²) in [5, 5.41) is 13.9. The number of rotatable bonds is 4. The van der Waals surface area contributed by atoms with E-state index in [1.54, 1.807) is 0 Å². The van der Waals surface area contributed by atoms with E-state index in [9.17, 15) is 5.11 Å². The maximum absolute atomic E-state index is 10.4. The van der Waals surface area contributed by atoms with Crippen LogP contribution in [0.5, 0.6) is 0 Å². The third-order valence-corrected chi connectivity index (χ3v) is 4.13. The van der Waals surface area contributed by atoms with Crippen molar-refractivity contribution in [1.82, 2.24) is 5.32 Å². The predicted octanol–water partition coefficient (Wildman–Crippen LogP) is 2.42. The molecule has 0 spiro atoms. The van der Waals surface area contributed by atoms with E-state index in [1.165, 1.54) is 18.4 Å². The Morgan fingerprint density at radius 1 is 1.18 bits per heavy atom. The molecule has 1 saturated carbocycles. The molecule has 2 N–H and O–H groups in total. The predicted molar refractivity (Wildman–Crippen MR) is 68.9 cm³/mol. The van der Waals surface area contributed by atoms with E-state index in [2.05, 4.69) is 23.5 Å². The highest BCUT2D eigenvalue weighted by molar-refractivity contribution is 5.31. The summed E-state index contributed by atoms with van der Waals surface area (Å²) in [6.07, 6.45) is 5.80. The normalized spacial score (nSPS) is 27.8. The van der Waals surface area contributed by atoms with Gasteiger partial charge in [-0.15, -0.1) is 0 Å². The summed E-state index contributed by atoms with van der Waals surface area (Å²) in [7, 11) is 0. The monoisotopic (exact) mass is 231 g/mol. The lowest BCUT2D eigenvalue weighted by atomic mass is 9.80. The summed E-state index contributed by atoms with van der Waals surface area (Å²) >= 11 is 0. The number of aryl methyl sites for hydroxylation is 1. The molecule has 2 aliphatic carbocycles. The Balaban J connectivity index is 1.60. The zero-order valence-electron chi connectivity index (χ0n) is 10.2. The summed E-state index contributed by atoms with van der Waals surface area (Å²) < 4.78 is 0. The van der Waals surface area contributed by atoms with Gasteiger partial charge in [0.25, 0.3) is 0 Å². The molecule has 1 fully saturated rings. The van der Waals surface area contributed by atoms with Crippen molar-refractivity contribution in [3.8, 4) is 0 Å². The van der Waals surface area contributed by atoms with Crippen molar-refractivity contribution in [2.24, 2.45) is 5.92 Å². The molecule has 0 aliphatic heterocycles. The van der Waals surface area contributed by atoms with Gasteiger partial charge in [-0.25, -0.2) is 0 Å². The van der Waals surface area contributed by atoms with Gasteiger partial charge in [0.1, 0.15) is 0 Å². The van der Waals surface area contributed by atoms with Crippen LogP contribution >= 0.6 is 0 Å². The molecule has 2 unspecified atom stereocenters. The Kier molecular flexibility index (Phi) is 3.17. The van der Waals surface area contributed by atoms with Crippen LogP contribution in [0.25, 0.3) is 0 Å². The zero-order chi connectivity index (χ0) is 11.7. The summed E-state index contributed by atoms with van der Waals surface area (Å²) in [4.78, 5) is 0. The van der Waals surface area contributed by atoms with E-state index >= 15 is 0 Å². The summed E-state index contributed by atoms with van der Waals surface area (Å²) in [5.41, 5.74) is 2.50. The molecule has 1 aromatic carbocycles. The van der Waals surface area contributed by atoms with Gasteiger partial charge < -0.3 is 10.4 Å². The molecule has 2 aliphatic rings. The van der Waals surface area contributed by atoms with Gasteiger partial charge in [-0.2, -0.15) is 0 Å². The first kappa shape index (κ1) is 11.2. The van der Waals surface area contributed by atoms with Crippen LogP contribution in [-0.2, 0) is 6.42 Å². The van der Waals surface area contributed by atoms with Crippen molar-refractivity contribution < 1.29 is 5.11 Å². The molecule has 0 amide bonds. The largest absolute Gasteiger partial charge is 0.388 e. The highest BCUT2D eigenvalue weighted by atomic mass is 16.3. The summed E-state index contributed by atoms with van der Waals surface area (Å²) in [5.74, 6) is 0.441. The van der Waals surface area contributed by atoms with Gasteiger partial charge in [0.2, 0.25) is 0 Å². The van der Waals surface area contributed by atoms with Gasteiger partial charge in [0, 0.05) is 6.04 Å². The van der Waals surface area contributed by atoms with Crippen LogP contribution in [0, 0.1) is 5.92 Å². The molecule has 0 saturated heterocycles. The second-order valence-corrected chi connectivity index (χ2v) is 5.46. The van der Waals surface area contributed by atoms with Gasteiger partial charge in [-0.05, 0) is 55.7 Å². The minimum absolute atomic E-state index is 0.249. The summed E-state index contributed by atoms with van der Waals surface area (Å²) in [6.45, 7) is 1.06. The lowest BCUT2D eigenvalue weighted by molar-refractivity contribution is 0.0884.